The summed E-state index contributed by atoms with van der Waals surface area (Å²) in [4.78, 5) is 25.7. The minimum atomic E-state index is -0.635. The van der Waals surface area contributed by atoms with Gasteiger partial charge in [0.25, 0.3) is 0 Å². The quantitative estimate of drug-likeness (QED) is 0.718. The lowest BCUT2D eigenvalue weighted by Crippen LogP contribution is -2.49. The van der Waals surface area contributed by atoms with E-state index >= 15 is 0 Å². The Morgan fingerprint density at radius 1 is 1.21 bits per heavy atom. The van der Waals surface area contributed by atoms with Crippen LogP contribution in [0.25, 0.3) is 0 Å². The molecule has 2 unspecified atom stereocenters. The van der Waals surface area contributed by atoms with Crippen LogP contribution >= 0.6 is 0 Å². The molecule has 0 bridgehead atoms. The van der Waals surface area contributed by atoms with E-state index in [1.54, 1.807) is 20.8 Å². The first-order valence-electron chi connectivity index (χ1n) is 9.51. The average molecular weight is 395 g/mol. The van der Waals surface area contributed by atoms with Crippen LogP contribution in [0.15, 0.2) is 18.2 Å². The molecule has 2 saturated heterocycles. The zero-order valence-corrected chi connectivity index (χ0v) is 16.5. The van der Waals surface area contributed by atoms with E-state index < -0.39 is 23.3 Å². The van der Waals surface area contributed by atoms with Gasteiger partial charge in [0.1, 0.15) is 23.5 Å². The molecule has 0 aromatic heterocycles. The highest BCUT2D eigenvalue weighted by Crippen LogP contribution is 2.33. The number of hydrogen-bond donors (Lipinski definition) is 0. The zero-order valence-electron chi connectivity index (χ0n) is 16.5. The van der Waals surface area contributed by atoms with Gasteiger partial charge in [-0.25, -0.2) is 23.6 Å². The van der Waals surface area contributed by atoms with Gasteiger partial charge in [-0.15, -0.1) is 0 Å². The average Bonchev–Trinajstić information content (AvgIpc) is 3.11. The topological polar surface area (TPSA) is 53.1 Å². The largest absolute Gasteiger partial charge is 0.443 e. The van der Waals surface area contributed by atoms with Crippen molar-refractivity contribution in [1.29, 1.82) is 0 Å². The number of hydrogen-bond acceptors (Lipinski definition) is 5. The van der Waals surface area contributed by atoms with E-state index in [9.17, 15) is 18.4 Å². The Morgan fingerprint density at radius 2 is 1.86 bits per heavy atom. The summed E-state index contributed by atoms with van der Waals surface area (Å²) in [6, 6.07) is 3.67. The van der Waals surface area contributed by atoms with E-state index in [1.807, 2.05) is 5.01 Å². The van der Waals surface area contributed by atoms with Crippen LogP contribution in [0.5, 0.6) is 0 Å². The molecule has 1 amide bonds. The van der Waals surface area contributed by atoms with Crippen LogP contribution in [0, 0.1) is 23.5 Å². The molecule has 154 valence electrons. The molecule has 2 atom stereocenters. The lowest BCUT2D eigenvalue weighted by molar-refractivity contribution is -0.113. The van der Waals surface area contributed by atoms with Crippen LogP contribution < -0.4 is 0 Å². The standard InChI is InChI=1S/C20H27F2N3O3/c1-20(2,3)28-19(27)25(6-7-26)24-12-15-10-23(11-16(15)13-24)9-14-4-5-17(21)8-18(14)22/h4-5,7-8,15-16H,6,9-13H2,1-3H3. The third-order valence-corrected chi connectivity index (χ3v) is 5.14. The summed E-state index contributed by atoms with van der Waals surface area (Å²) in [5, 5.41) is 3.26. The second-order valence-corrected chi connectivity index (χ2v) is 8.55. The van der Waals surface area contributed by atoms with Gasteiger partial charge in [-0.05, 0) is 38.7 Å². The number of benzene rings is 1. The van der Waals surface area contributed by atoms with Gasteiger partial charge in [-0.2, -0.15) is 0 Å². The van der Waals surface area contributed by atoms with Gasteiger partial charge >= 0.3 is 6.09 Å². The van der Waals surface area contributed by atoms with E-state index in [1.165, 1.54) is 17.1 Å². The maximum Gasteiger partial charge on any atom is 0.425 e. The number of aldehydes is 1. The highest BCUT2D eigenvalue weighted by molar-refractivity contribution is 5.71. The Labute approximate surface area is 164 Å². The predicted octanol–water partition coefficient (Wildman–Crippen LogP) is 2.68. The van der Waals surface area contributed by atoms with Gasteiger partial charge in [-0.1, -0.05) is 6.07 Å². The molecule has 0 spiro atoms. The van der Waals surface area contributed by atoms with Gasteiger partial charge in [-0.3, -0.25) is 4.90 Å². The molecule has 2 fully saturated rings. The molecule has 6 nitrogen and oxygen atoms in total. The van der Waals surface area contributed by atoms with Crippen LogP contribution in [-0.2, 0) is 16.1 Å². The molecule has 2 aliphatic rings. The highest BCUT2D eigenvalue weighted by atomic mass is 19.1. The number of rotatable bonds is 5. The summed E-state index contributed by atoms with van der Waals surface area (Å²) >= 11 is 0. The minimum absolute atomic E-state index is 0.0428. The smallest absolute Gasteiger partial charge is 0.425 e. The number of likely N-dealkylation sites (tertiary alicyclic amines) is 1. The number of carbonyl (C=O) groups is 2. The molecule has 1 aromatic rings. The highest BCUT2D eigenvalue weighted by Gasteiger charge is 2.43. The van der Waals surface area contributed by atoms with Crippen molar-refractivity contribution < 1.29 is 23.1 Å². The van der Waals surface area contributed by atoms with Gasteiger partial charge in [0.05, 0.1) is 6.54 Å². The molecule has 28 heavy (non-hydrogen) atoms. The zero-order chi connectivity index (χ0) is 20.5. The van der Waals surface area contributed by atoms with E-state index in [4.69, 9.17) is 4.74 Å². The summed E-state index contributed by atoms with van der Waals surface area (Å²) in [6.45, 7) is 8.56. The minimum Gasteiger partial charge on any atom is -0.443 e. The molecule has 3 rings (SSSR count). The van der Waals surface area contributed by atoms with E-state index in [2.05, 4.69) is 4.90 Å². The van der Waals surface area contributed by atoms with Gasteiger partial charge in [0, 0.05) is 44.4 Å². The number of ether oxygens (including phenoxy) is 1. The molecule has 1 aromatic carbocycles. The molecule has 8 heteroatoms. The Balaban J connectivity index is 1.59. The first-order valence-corrected chi connectivity index (χ1v) is 9.51. The van der Waals surface area contributed by atoms with Gasteiger partial charge in [0.2, 0.25) is 0 Å². The van der Waals surface area contributed by atoms with Crippen molar-refractivity contribution in [2.45, 2.75) is 32.9 Å². The van der Waals surface area contributed by atoms with Crippen molar-refractivity contribution in [2.75, 3.05) is 32.7 Å². The summed E-state index contributed by atoms with van der Waals surface area (Å²) in [5.74, 6) is -0.464. The number of nitrogens with zero attached hydrogens (tertiary/aromatic N) is 3. The number of carbonyl (C=O) groups excluding carboxylic acids is 2. The SMILES string of the molecule is CC(C)(C)OC(=O)N(CC=O)N1CC2CN(Cc3ccc(F)cc3F)CC2C1. The summed E-state index contributed by atoms with van der Waals surface area (Å²) < 4.78 is 32.4. The maximum atomic E-state index is 13.9. The molecule has 0 N–H and O–H groups in total. The van der Waals surface area contributed by atoms with Crippen LogP contribution in [0.4, 0.5) is 13.6 Å². The number of halogens is 2. The second kappa shape index (κ2) is 8.13. The molecule has 0 aliphatic carbocycles. The third-order valence-electron chi connectivity index (χ3n) is 5.14. The summed E-state index contributed by atoms with van der Waals surface area (Å²) in [6.07, 6.45) is 0.173. The summed E-state index contributed by atoms with van der Waals surface area (Å²) in [5.41, 5.74) is -0.154. The van der Waals surface area contributed by atoms with Crippen LogP contribution in [0.1, 0.15) is 26.3 Å². The van der Waals surface area contributed by atoms with Crippen LogP contribution in [0.3, 0.4) is 0 Å². The Hall–Kier alpha value is -2.06. The van der Waals surface area contributed by atoms with Gasteiger partial charge in [0.15, 0.2) is 0 Å². The van der Waals surface area contributed by atoms with Crippen molar-refractivity contribution in [3.05, 3.63) is 35.4 Å². The molecule has 0 radical (unpaired) electrons. The molecule has 0 saturated carbocycles. The fourth-order valence-corrected chi connectivity index (χ4v) is 3.97. The molecule has 2 heterocycles. The first-order chi connectivity index (χ1) is 13.2. The van der Waals surface area contributed by atoms with Crippen molar-refractivity contribution in [2.24, 2.45) is 11.8 Å². The van der Waals surface area contributed by atoms with Crippen molar-refractivity contribution >= 4 is 12.4 Å². The third kappa shape index (κ3) is 4.86. The van der Waals surface area contributed by atoms with E-state index in [0.717, 1.165) is 19.2 Å². The van der Waals surface area contributed by atoms with Crippen molar-refractivity contribution in [3.8, 4) is 0 Å². The lowest BCUT2D eigenvalue weighted by Gasteiger charge is -2.33. The second-order valence-electron chi connectivity index (χ2n) is 8.55. The van der Waals surface area contributed by atoms with Gasteiger partial charge < -0.3 is 9.53 Å². The monoisotopic (exact) mass is 395 g/mol. The number of fused-ring (bicyclic) bond motifs is 1. The number of hydrazine groups is 1. The lowest BCUT2D eigenvalue weighted by atomic mass is 10.0. The van der Waals surface area contributed by atoms with Crippen molar-refractivity contribution in [1.82, 2.24) is 14.9 Å². The van der Waals surface area contributed by atoms with Crippen molar-refractivity contribution in [3.63, 3.8) is 0 Å². The fourth-order valence-electron chi connectivity index (χ4n) is 3.97. The maximum absolute atomic E-state index is 13.9. The Bertz CT molecular complexity index is 724. The summed E-state index contributed by atoms with van der Waals surface area (Å²) in [7, 11) is 0. The molecular formula is C20H27F2N3O3. The normalized spacial score (nSPS) is 22.9. The van der Waals surface area contributed by atoms with E-state index in [-0.39, 0.29) is 6.54 Å². The molecular weight excluding hydrogens is 368 g/mol. The van der Waals surface area contributed by atoms with Crippen LogP contribution in [-0.4, -0.2) is 65.6 Å². The van der Waals surface area contributed by atoms with Crippen LogP contribution in [0.2, 0.25) is 0 Å². The Morgan fingerprint density at radius 3 is 2.39 bits per heavy atom. The predicted molar refractivity (Wildman–Crippen MR) is 99.2 cm³/mol. The Kier molecular flexibility index (Phi) is 6.00. The first kappa shape index (κ1) is 20.7. The fraction of sp³-hybridized carbons (Fsp3) is 0.600. The van der Waals surface area contributed by atoms with E-state index in [0.29, 0.717) is 43.3 Å². The molecule has 2 aliphatic heterocycles. The number of amides is 1.